The van der Waals surface area contributed by atoms with Gasteiger partial charge < -0.3 is 0 Å². The number of aromatic nitrogens is 3. The van der Waals surface area contributed by atoms with Crippen LogP contribution in [-0.2, 0) is 5.41 Å². The second-order valence-corrected chi connectivity index (χ2v) is 17.7. The van der Waals surface area contributed by atoms with Gasteiger partial charge >= 0.3 is 0 Å². The molecule has 1 heterocycles. The standard InChI is InChI=1S/C39H35N3Si/c1-39(2)34-17-10-9-16-32(34)33-23-20-29(25-35(33)39)28-14-11-15-30(24-28)38-41-36(26-12-7-6-8-13-26)40-37(42-38)27-18-21-31(22-19-27)43(3,4)5/h6-25H,1-5H3/i6D,7D,8D,12D,13D. The first-order valence-electron chi connectivity index (χ1n) is 17.0. The van der Waals surface area contributed by atoms with E-state index in [1.54, 1.807) is 0 Å². The number of benzene rings is 5. The van der Waals surface area contributed by atoms with Gasteiger partial charge in [0.1, 0.15) is 0 Å². The van der Waals surface area contributed by atoms with Crippen molar-refractivity contribution in [1.29, 1.82) is 0 Å². The lowest BCUT2D eigenvalue weighted by Gasteiger charge is -2.22. The van der Waals surface area contributed by atoms with Gasteiger partial charge in [0.15, 0.2) is 17.5 Å². The maximum atomic E-state index is 8.64. The van der Waals surface area contributed by atoms with Crippen molar-refractivity contribution in [3.8, 4) is 56.4 Å². The fourth-order valence-electron chi connectivity index (χ4n) is 5.95. The molecule has 5 aromatic carbocycles. The van der Waals surface area contributed by atoms with Gasteiger partial charge in [0.2, 0.25) is 0 Å². The molecule has 7 rings (SSSR count). The zero-order chi connectivity index (χ0) is 34.1. The van der Waals surface area contributed by atoms with E-state index < -0.39 is 26.2 Å². The molecule has 0 spiro atoms. The van der Waals surface area contributed by atoms with Gasteiger partial charge in [-0.05, 0) is 45.5 Å². The normalized spacial score (nSPS) is 15.0. The van der Waals surface area contributed by atoms with Crippen molar-refractivity contribution >= 4 is 13.3 Å². The van der Waals surface area contributed by atoms with Crippen LogP contribution in [0.3, 0.4) is 0 Å². The van der Waals surface area contributed by atoms with Crippen LogP contribution < -0.4 is 5.19 Å². The number of nitrogens with zero attached hydrogens (tertiary/aromatic N) is 3. The fourth-order valence-corrected chi connectivity index (χ4v) is 7.12. The summed E-state index contributed by atoms with van der Waals surface area (Å²) < 4.78 is 41.9. The molecule has 4 heteroatoms. The molecule has 1 aromatic heterocycles. The molecular formula is C39H35N3Si. The van der Waals surface area contributed by atoms with Gasteiger partial charge in [-0.2, -0.15) is 0 Å². The molecule has 0 fully saturated rings. The highest BCUT2D eigenvalue weighted by atomic mass is 28.3. The molecule has 1 aliphatic rings. The van der Waals surface area contributed by atoms with E-state index in [0.717, 1.165) is 22.3 Å². The van der Waals surface area contributed by atoms with Crippen molar-refractivity contribution in [3.63, 3.8) is 0 Å². The molecule has 0 N–H and O–H groups in total. The summed E-state index contributed by atoms with van der Waals surface area (Å²) in [7, 11) is -1.55. The number of rotatable bonds is 5. The van der Waals surface area contributed by atoms with Crippen molar-refractivity contribution in [2.24, 2.45) is 0 Å². The Labute approximate surface area is 262 Å². The van der Waals surface area contributed by atoms with Gasteiger partial charge in [-0.1, -0.05) is 148 Å². The smallest absolute Gasteiger partial charge is 0.164 e. The summed E-state index contributed by atoms with van der Waals surface area (Å²) in [6.45, 7) is 11.4. The summed E-state index contributed by atoms with van der Waals surface area (Å²) in [6, 6.07) is 29.3. The summed E-state index contributed by atoms with van der Waals surface area (Å²) in [5.74, 6) is 0.752. The Morgan fingerprint density at radius 3 is 1.84 bits per heavy atom. The second-order valence-electron chi connectivity index (χ2n) is 12.6. The van der Waals surface area contributed by atoms with Crippen LogP contribution in [0.15, 0.2) is 121 Å². The topological polar surface area (TPSA) is 38.7 Å². The molecule has 0 bridgehead atoms. The molecule has 6 aromatic rings. The molecule has 43 heavy (non-hydrogen) atoms. The number of hydrogen-bond donors (Lipinski definition) is 0. The molecule has 0 atom stereocenters. The van der Waals surface area contributed by atoms with Crippen LogP contribution in [0.25, 0.3) is 56.4 Å². The largest absolute Gasteiger partial charge is 0.208 e. The fraction of sp³-hybridized carbons (Fsp3) is 0.154. The monoisotopic (exact) mass is 578 g/mol. The minimum atomic E-state index is -1.55. The third-order valence-electron chi connectivity index (χ3n) is 8.41. The minimum Gasteiger partial charge on any atom is -0.208 e. The zero-order valence-electron chi connectivity index (χ0n) is 30.0. The quantitative estimate of drug-likeness (QED) is 0.191. The lowest BCUT2D eigenvalue weighted by atomic mass is 9.81. The van der Waals surface area contributed by atoms with Crippen LogP contribution in [0.1, 0.15) is 31.8 Å². The van der Waals surface area contributed by atoms with Crippen molar-refractivity contribution in [2.75, 3.05) is 0 Å². The zero-order valence-corrected chi connectivity index (χ0v) is 26.0. The van der Waals surface area contributed by atoms with Crippen LogP contribution in [0.5, 0.6) is 0 Å². The van der Waals surface area contributed by atoms with E-state index in [-0.39, 0.29) is 28.9 Å². The average molecular weight is 579 g/mol. The van der Waals surface area contributed by atoms with Gasteiger partial charge in [-0.3, -0.25) is 0 Å². The summed E-state index contributed by atoms with van der Waals surface area (Å²) in [5.41, 5.74) is 8.48. The average Bonchev–Trinajstić information content (AvgIpc) is 3.32. The van der Waals surface area contributed by atoms with E-state index >= 15 is 0 Å². The molecule has 0 unspecified atom stereocenters. The third-order valence-corrected chi connectivity index (χ3v) is 10.5. The Kier molecular flexibility index (Phi) is 5.23. The molecule has 0 radical (unpaired) electrons. The van der Waals surface area contributed by atoms with Crippen molar-refractivity contribution in [3.05, 3.63) is 132 Å². The van der Waals surface area contributed by atoms with Gasteiger partial charge in [-0.15, -0.1) is 0 Å². The molecule has 0 aliphatic heterocycles. The predicted molar refractivity (Wildman–Crippen MR) is 182 cm³/mol. The highest BCUT2D eigenvalue weighted by Crippen LogP contribution is 2.49. The maximum absolute atomic E-state index is 8.64. The summed E-state index contributed by atoms with van der Waals surface area (Å²) in [4.78, 5) is 14.3. The van der Waals surface area contributed by atoms with Gasteiger partial charge in [-0.25, -0.2) is 15.0 Å². The second kappa shape index (κ2) is 10.2. The number of hydrogen-bond acceptors (Lipinski definition) is 3. The van der Waals surface area contributed by atoms with Crippen LogP contribution in [0.2, 0.25) is 19.6 Å². The summed E-state index contributed by atoms with van der Waals surface area (Å²) >= 11 is 0. The SMILES string of the molecule is [2H]c1c([2H])c([2H])c(-c2nc(-c3ccc([Si](C)(C)C)cc3)nc(-c3cccc(-c4ccc5c(c4)C(C)(C)c4ccccc4-5)c3)n2)c([2H])c1[2H]. The minimum absolute atomic E-state index is 0.0312. The first kappa shape index (κ1) is 21.9. The Morgan fingerprint density at radius 1 is 0.535 bits per heavy atom. The Morgan fingerprint density at radius 2 is 1.12 bits per heavy atom. The predicted octanol–water partition coefficient (Wildman–Crippen LogP) is 9.39. The van der Waals surface area contributed by atoms with Crippen molar-refractivity contribution in [2.45, 2.75) is 38.9 Å². The molecule has 1 aliphatic carbocycles. The Hall–Kier alpha value is -4.67. The van der Waals surface area contributed by atoms with Gasteiger partial charge in [0.05, 0.1) is 14.9 Å². The third kappa shape index (κ3) is 4.92. The lowest BCUT2D eigenvalue weighted by molar-refractivity contribution is 0.660. The molecule has 210 valence electrons. The van der Waals surface area contributed by atoms with E-state index in [9.17, 15) is 0 Å². The van der Waals surface area contributed by atoms with E-state index in [1.165, 1.54) is 27.4 Å². The highest BCUT2D eigenvalue weighted by Gasteiger charge is 2.35. The van der Waals surface area contributed by atoms with Gasteiger partial charge in [0, 0.05) is 22.1 Å². The van der Waals surface area contributed by atoms with Crippen molar-refractivity contribution < 1.29 is 6.85 Å². The Bertz CT molecular complexity index is 2230. The van der Waals surface area contributed by atoms with Crippen molar-refractivity contribution in [1.82, 2.24) is 15.0 Å². The molecule has 0 amide bonds. The van der Waals surface area contributed by atoms with Crippen LogP contribution in [0, 0.1) is 0 Å². The molecular weight excluding hydrogens is 539 g/mol. The van der Waals surface area contributed by atoms with E-state index in [2.05, 4.69) is 94.2 Å². The van der Waals surface area contributed by atoms with E-state index in [1.807, 2.05) is 30.3 Å². The van der Waals surface area contributed by atoms with E-state index in [4.69, 9.17) is 21.8 Å². The Balaban J connectivity index is 1.38. The molecule has 0 saturated heterocycles. The van der Waals surface area contributed by atoms with Crippen LogP contribution >= 0.6 is 0 Å². The van der Waals surface area contributed by atoms with Gasteiger partial charge in [0.25, 0.3) is 0 Å². The molecule has 3 nitrogen and oxygen atoms in total. The summed E-state index contributed by atoms with van der Waals surface area (Å²) in [6.07, 6.45) is 0. The maximum Gasteiger partial charge on any atom is 0.164 e. The highest BCUT2D eigenvalue weighted by molar-refractivity contribution is 6.88. The van der Waals surface area contributed by atoms with E-state index in [0.29, 0.717) is 11.6 Å². The first-order chi connectivity index (χ1) is 22.8. The lowest BCUT2D eigenvalue weighted by Crippen LogP contribution is -2.37. The first-order valence-corrected chi connectivity index (χ1v) is 18.0. The van der Waals surface area contributed by atoms with Crippen LogP contribution in [0.4, 0.5) is 0 Å². The van der Waals surface area contributed by atoms with Crippen LogP contribution in [-0.4, -0.2) is 23.0 Å². The molecule has 0 saturated carbocycles. The summed E-state index contributed by atoms with van der Waals surface area (Å²) in [5, 5.41) is 1.29. The number of fused-ring (bicyclic) bond motifs is 3.